The lowest BCUT2D eigenvalue weighted by molar-refractivity contribution is 1.14. The Balaban J connectivity index is 1.44. The van der Waals surface area contributed by atoms with Gasteiger partial charge in [0.1, 0.15) is 0 Å². The first-order valence-electron chi connectivity index (χ1n) is 9.31. The smallest absolute Gasteiger partial charge is 0.203 e. The molecule has 0 aliphatic rings. The zero-order valence-electron chi connectivity index (χ0n) is 15.7. The van der Waals surface area contributed by atoms with Crippen LogP contribution in [-0.2, 0) is 6.42 Å². The van der Waals surface area contributed by atoms with E-state index < -0.39 is 0 Å². The number of rotatable bonds is 6. The van der Waals surface area contributed by atoms with E-state index >= 15 is 0 Å². The third-order valence-electron chi connectivity index (χ3n) is 4.53. The Bertz CT molecular complexity index is 1070. The van der Waals surface area contributed by atoms with Gasteiger partial charge in [-0.1, -0.05) is 79.7 Å². The molecular formula is C24H21N3S. The molecule has 3 nitrogen and oxygen atoms in total. The Morgan fingerprint density at radius 2 is 1.68 bits per heavy atom. The van der Waals surface area contributed by atoms with E-state index in [1.165, 1.54) is 16.7 Å². The summed E-state index contributed by atoms with van der Waals surface area (Å²) in [5.41, 5.74) is 9.90. The quantitative estimate of drug-likeness (QED) is 0.305. The fraction of sp³-hybridized carbons (Fsp3) is 0.0833. The summed E-state index contributed by atoms with van der Waals surface area (Å²) in [6.45, 7) is 2.17. The molecule has 0 unspecified atom stereocenters. The molecule has 0 saturated heterocycles. The van der Waals surface area contributed by atoms with Crippen LogP contribution in [0, 0.1) is 0 Å². The SMILES string of the molecule is CCc1ccc(-c2cccc(C=NNc3nc(-c4ccccc4)cs3)c2)cc1. The summed E-state index contributed by atoms with van der Waals surface area (Å²) in [7, 11) is 0. The molecule has 1 N–H and O–H groups in total. The average Bonchev–Trinajstić information content (AvgIpc) is 3.24. The molecule has 1 heterocycles. The van der Waals surface area contributed by atoms with Crippen molar-refractivity contribution in [3.05, 3.63) is 95.4 Å². The van der Waals surface area contributed by atoms with E-state index in [0.717, 1.165) is 28.4 Å². The van der Waals surface area contributed by atoms with Gasteiger partial charge in [0.2, 0.25) is 5.13 Å². The molecule has 0 bridgehead atoms. The lowest BCUT2D eigenvalue weighted by atomic mass is 10.0. The molecule has 0 radical (unpaired) electrons. The van der Waals surface area contributed by atoms with E-state index in [2.05, 4.69) is 77.0 Å². The van der Waals surface area contributed by atoms with Crippen molar-refractivity contribution >= 4 is 22.7 Å². The lowest BCUT2D eigenvalue weighted by Gasteiger charge is -2.04. The second kappa shape index (κ2) is 8.63. The molecule has 3 aromatic carbocycles. The number of anilines is 1. The number of hydrazone groups is 1. The zero-order chi connectivity index (χ0) is 19.2. The minimum atomic E-state index is 0.779. The van der Waals surface area contributed by atoms with E-state index in [4.69, 9.17) is 0 Å². The minimum Gasteiger partial charge on any atom is -0.253 e. The van der Waals surface area contributed by atoms with Crippen LogP contribution in [0.3, 0.4) is 0 Å². The van der Waals surface area contributed by atoms with Crippen LogP contribution in [-0.4, -0.2) is 11.2 Å². The lowest BCUT2D eigenvalue weighted by Crippen LogP contribution is -1.91. The highest BCUT2D eigenvalue weighted by atomic mass is 32.1. The van der Waals surface area contributed by atoms with E-state index in [0.29, 0.717) is 0 Å². The van der Waals surface area contributed by atoms with Gasteiger partial charge in [0, 0.05) is 10.9 Å². The van der Waals surface area contributed by atoms with Crippen LogP contribution in [0.5, 0.6) is 0 Å². The van der Waals surface area contributed by atoms with E-state index in [-0.39, 0.29) is 0 Å². The minimum absolute atomic E-state index is 0.779. The first-order valence-corrected chi connectivity index (χ1v) is 10.2. The van der Waals surface area contributed by atoms with Gasteiger partial charge in [0.05, 0.1) is 11.9 Å². The predicted octanol–water partition coefficient (Wildman–Crippen LogP) is 6.49. The number of nitrogens with one attached hydrogen (secondary N) is 1. The van der Waals surface area contributed by atoms with Crippen molar-refractivity contribution in [3.8, 4) is 22.4 Å². The van der Waals surface area contributed by atoms with Crippen LogP contribution in [0.1, 0.15) is 18.1 Å². The van der Waals surface area contributed by atoms with Crippen molar-refractivity contribution < 1.29 is 0 Å². The molecule has 0 amide bonds. The molecule has 1 aromatic heterocycles. The second-order valence-electron chi connectivity index (χ2n) is 6.45. The fourth-order valence-corrected chi connectivity index (χ4v) is 3.63. The van der Waals surface area contributed by atoms with Gasteiger partial charge in [0.25, 0.3) is 0 Å². The van der Waals surface area contributed by atoms with E-state index in [1.807, 2.05) is 35.9 Å². The van der Waals surface area contributed by atoms with Gasteiger partial charge in [-0.15, -0.1) is 11.3 Å². The van der Waals surface area contributed by atoms with Gasteiger partial charge in [0.15, 0.2) is 0 Å². The zero-order valence-corrected chi connectivity index (χ0v) is 16.5. The van der Waals surface area contributed by atoms with Crippen molar-refractivity contribution in [1.82, 2.24) is 4.98 Å². The van der Waals surface area contributed by atoms with Crippen LogP contribution >= 0.6 is 11.3 Å². The Hall–Kier alpha value is -3.24. The number of benzene rings is 3. The Kier molecular flexibility index (Phi) is 5.59. The molecule has 0 aliphatic carbocycles. The molecule has 0 atom stereocenters. The largest absolute Gasteiger partial charge is 0.253 e. The first kappa shape index (κ1) is 18.1. The van der Waals surface area contributed by atoms with Crippen LogP contribution in [0.15, 0.2) is 89.3 Å². The maximum Gasteiger partial charge on any atom is 0.203 e. The predicted molar refractivity (Wildman–Crippen MR) is 120 cm³/mol. The number of nitrogens with zero attached hydrogens (tertiary/aromatic N) is 2. The molecule has 4 aromatic rings. The third-order valence-corrected chi connectivity index (χ3v) is 5.28. The van der Waals surface area contributed by atoms with Crippen LogP contribution in [0.2, 0.25) is 0 Å². The highest BCUT2D eigenvalue weighted by Gasteiger charge is 2.03. The summed E-state index contributed by atoms with van der Waals surface area (Å²) in [5.74, 6) is 0. The molecular weight excluding hydrogens is 362 g/mol. The highest BCUT2D eigenvalue weighted by molar-refractivity contribution is 7.14. The van der Waals surface area contributed by atoms with Gasteiger partial charge >= 0.3 is 0 Å². The summed E-state index contributed by atoms with van der Waals surface area (Å²) in [5, 5.41) is 7.17. The number of hydrogen-bond donors (Lipinski definition) is 1. The van der Waals surface area contributed by atoms with Gasteiger partial charge in [-0.05, 0) is 34.7 Å². The van der Waals surface area contributed by atoms with Gasteiger partial charge in [-0.25, -0.2) is 4.98 Å². The summed E-state index contributed by atoms with van der Waals surface area (Å²) < 4.78 is 0. The standard InChI is InChI=1S/C24H21N3S/c1-2-18-11-13-20(14-12-18)22-10-6-7-19(15-22)16-25-27-24-26-23(17-28-24)21-8-4-3-5-9-21/h3-17H,2H2,1H3,(H,26,27). The summed E-state index contributed by atoms with van der Waals surface area (Å²) in [6, 6.07) is 27.2. The summed E-state index contributed by atoms with van der Waals surface area (Å²) >= 11 is 1.55. The third kappa shape index (κ3) is 4.35. The Labute approximate surface area is 169 Å². The van der Waals surface area contributed by atoms with Crippen molar-refractivity contribution in [3.63, 3.8) is 0 Å². The van der Waals surface area contributed by atoms with Crippen LogP contribution in [0.4, 0.5) is 5.13 Å². The van der Waals surface area contributed by atoms with Crippen molar-refractivity contribution in [2.75, 3.05) is 5.43 Å². The fourth-order valence-electron chi connectivity index (χ4n) is 2.96. The first-order chi connectivity index (χ1) is 13.8. The number of aryl methyl sites for hydroxylation is 1. The van der Waals surface area contributed by atoms with E-state index in [1.54, 1.807) is 11.3 Å². The number of hydrogen-bond acceptors (Lipinski definition) is 4. The Morgan fingerprint density at radius 3 is 2.46 bits per heavy atom. The van der Waals surface area contributed by atoms with Crippen molar-refractivity contribution in [2.24, 2.45) is 5.10 Å². The topological polar surface area (TPSA) is 37.3 Å². The van der Waals surface area contributed by atoms with Crippen LogP contribution < -0.4 is 5.43 Å². The van der Waals surface area contributed by atoms with Crippen LogP contribution in [0.25, 0.3) is 22.4 Å². The monoisotopic (exact) mass is 383 g/mol. The second-order valence-corrected chi connectivity index (χ2v) is 7.31. The molecule has 4 heteroatoms. The van der Waals surface area contributed by atoms with Crippen molar-refractivity contribution in [2.45, 2.75) is 13.3 Å². The molecule has 0 aliphatic heterocycles. The maximum absolute atomic E-state index is 4.59. The summed E-state index contributed by atoms with van der Waals surface area (Å²) in [4.78, 5) is 4.59. The molecule has 138 valence electrons. The summed E-state index contributed by atoms with van der Waals surface area (Å²) in [6.07, 6.45) is 2.88. The molecule has 0 fully saturated rings. The Morgan fingerprint density at radius 1 is 0.893 bits per heavy atom. The number of aromatic nitrogens is 1. The van der Waals surface area contributed by atoms with Gasteiger partial charge < -0.3 is 0 Å². The normalized spacial score (nSPS) is 11.0. The van der Waals surface area contributed by atoms with Gasteiger partial charge in [-0.3, -0.25) is 5.43 Å². The molecule has 0 saturated carbocycles. The molecule has 0 spiro atoms. The van der Waals surface area contributed by atoms with E-state index in [9.17, 15) is 0 Å². The average molecular weight is 384 g/mol. The molecule has 28 heavy (non-hydrogen) atoms. The maximum atomic E-state index is 4.59. The van der Waals surface area contributed by atoms with Crippen molar-refractivity contribution in [1.29, 1.82) is 0 Å². The highest BCUT2D eigenvalue weighted by Crippen LogP contribution is 2.24. The number of thiazole rings is 1. The molecule has 4 rings (SSSR count). The van der Waals surface area contributed by atoms with Gasteiger partial charge in [-0.2, -0.15) is 5.10 Å².